The van der Waals surface area contributed by atoms with Crippen molar-refractivity contribution in [2.45, 2.75) is 38.7 Å². The predicted molar refractivity (Wildman–Crippen MR) is 62.8 cm³/mol. The number of nitrogens with zero attached hydrogens (tertiary/aromatic N) is 1. The van der Waals surface area contributed by atoms with Crippen molar-refractivity contribution in [2.75, 3.05) is 13.1 Å². The van der Waals surface area contributed by atoms with Crippen molar-refractivity contribution in [3.05, 3.63) is 12.2 Å². The Bertz CT molecular complexity index is 278. The van der Waals surface area contributed by atoms with Crippen molar-refractivity contribution in [1.82, 2.24) is 4.90 Å². The first kappa shape index (κ1) is 11.6. The average molecular weight is 223 g/mol. The van der Waals surface area contributed by atoms with Gasteiger partial charge in [0.25, 0.3) is 0 Å². The van der Waals surface area contributed by atoms with Crippen LogP contribution < -0.4 is 0 Å². The Kier molecular flexibility index (Phi) is 3.64. The van der Waals surface area contributed by atoms with Gasteiger partial charge in [-0.3, -0.25) is 4.79 Å². The summed E-state index contributed by atoms with van der Waals surface area (Å²) in [4.78, 5) is 14.1. The zero-order valence-electron chi connectivity index (χ0n) is 9.93. The molecule has 1 fully saturated rings. The molecule has 1 aliphatic heterocycles. The lowest BCUT2D eigenvalue weighted by atomic mass is 9.92. The quantitative estimate of drug-likeness (QED) is 0.722. The van der Waals surface area contributed by atoms with Gasteiger partial charge in [-0.05, 0) is 32.6 Å². The molecule has 0 saturated carbocycles. The van der Waals surface area contributed by atoms with E-state index in [2.05, 4.69) is 12.2 Å². The highest BCUT2D eigenvalue weighted by atomic mass is 16.3. The Labute approximate surface area is 97.1 Å². The molecule has 2 unspecified atom stereocenters. The molecule has 0 aromatic rings. The summed E-state index contributed by atoms with van der Waals surface area (Å²) in [6.07, 6.45) is 7.77. The van der Waals surface area contributed by atoms with Gasteiger partial charge in [0.2, 0.25) is 5.91 Å². The van der Waals surface area contributed by atoms with Crippen LogP contribution in [0.15, 0.2) is 12.2 Å². The van der Waals surface area contributed by atoms with E-state index < -0.39 is 0 Å². The van der Waals surface area contributed by atoms with Gasteiger partial charge < -0.3 is 10.0 Å². The molecule has 3 heteroatoms. The summed E-state index contributed by atoms with van der Waals surface area (Å²) in [5.74, 6) is 0.732. The van der Waals surface area contributed by atoms with Crippen molar-refractivity contribution in [2.24, 2.45) is 11.8 Å². The van der Waals surface area contributed by atoms with Crippen LogP contribution in [0, 0.1) is 11.8 Å². The Balaban J connectivity index is 1.91. The highest BCUT2D eigenvalue weighted by Crippen LogP contribution is 2.25. The summed E-state index contributed by atoms with van der Waals surface area (Å²) in [6, 6.07) is 0. The highest BCUT2D eigenvalue weighted by Gasteiger charge is 2.30. The van der Waals surface area contributed by atoms with Crippen LogP contribution in [0.25, 0.3) is 0 Å². The van der Waals surface area contributed by atoms with Crippen LogP contribution in [0.3, 0.4) is 0 Å². The van der Waals surface area contributed by atoms with Crippen LogP contribution in [0.1, 0.15) is 32.6 Å². The molecular formula is C13H21NO2. The van der Waals surface area contributed by atoms with Gasteiger partial charge in [0, 0.05) is 24.9 Å². The Morgan fingerprint density at radius 2 is 2.12 bits per heavy atom. The Morgan fingerprint density at radius 3 is 2.75 bits per heavy atom. The molecule has 1 aliphatic carbocycles. The average Bonchev–Trinajstić information content (AvgIpc) is 2.81. The van der Waals surface area contributed by atoms with Gasteiger partial charge in [-0.2, -0.15) is 0 Å². The maximum absolute atomic E-state index is 12.2. The highest BCUT2D eigenvalue weighted by molar-refractivity contribution is 5.79. The maximum atomic E-state index is 12.2. The lowest BCUT2D eigenvalue weighted by Gasteiger charge is -2.35. The number of allylic oxidation sites excluding steroid dienone is 2. The van der Waals surface area contributed by atoms with E-state index in [1.54, 1.807) is 0 Å². The zero-order valence-corrected chi connectivity index (χ0v) is 9.93. The van der Waals surface area contributed by atoms with E-state index in [1.807, 2.05) is 11.8 Å². The molecule has 0 bridgehead atoms. The number of rotatable bonds is 2. The van der Waals surface area contributed by atoms with Crippen LogP contribution >= 0.6 is 0 Å². The number of aliphatic hydroxyl groups is 1. The van der Waals surface area contributed by atoms with E-state index in [0.717, 1.165) is 38.8 Å². The molecule has 1 N–H and O–H groups in total. The SMILES string of the molecule is CC(O)C1CCCN(C(=O)C2CC=CC2)C1. The fourth-order valence-corrected chi connectivity index (χ4v) is 2.68. The summed E-state index contributed by atoms with van der Waals surface area (Å²) in [6.45, 7) is 3.45. The summed E-state index contributed by atoms with van der Waals surface area (Å²) >= 11 is 0. The van der Waals surface area contributed by atoms with E-state index in [9.17, 15) is 9.90 Å². The molecule has 90 valence electrons. The smallest absolute Gasteiger partial charge is 0.226 e. The van der Waals surface area contributed by atoms with Crippen molar-refractivity contribution in [1.29, 1.82) is 0 Å². The van der Waals surface area contributed by atoms with E-state index in [0.29, 0.717) is 0 Å². The third-order valence-electron chi connectivity index (χ3n) is 3.81. The number of carbonyl (C=O) groups is 1. The van der Waals surface area contributed by atoms with Gasteiger partial charge in [-0.25, -0.2) is 0 Å². The van der Waals surface area contributed by atoms with Gasteiger partial charge in [-0.15, -0.1) is 0 Å². The second-order valence-electron chi connectivity index (χ2n) is 5.07. The minimum atomic E-state index is -0.294. The molecule has 2 atom stereocenters. The Hall–Kier alpha value is -0.830. The first-order valence-electron chi connectivity index (χ1n) is 6.30. The normalized spacial score (nSPS) is 28.4. The van der Waals surface area contributed by atoms with E-state index in [4.69, 9.17) is 0 Å². The van der Waals surface area contributed by atoms with Crippen molar-refractivity contribution in [3.63, 3.8) is 0 Å². The molecule has 1 amide bonds. The largest absolute Gasteiger partial charge is 0.393 e. The number of amides is 1. The lowest BCUT2D eigenvalue weighted by Crippen LogP contribution is -2.45. The lowest BCUT2D eigenvalue weighted by molar-refractivity contribution is -0.137. The van der Waals surface area contributed by atoms with Gasteiger partial charge >= 0.3 is 0 Å². The van der Waals surface area contributed by atoms with E-state index in [1.165, 1.54) is 0 Å². The second kappa shape index (κ2) is 5.00. The minimum absolute atomic E-state index is 0.174. The van der Waals surface area contributed by atoms with E-state index >= 15 is 0 Å². The summed E-state index contributed by atoms with van der Waals surface area (Å²) in [5, 5.41) is 9.59. The van der Waals surface area contributed by atoms with Crippen molar-refractivity contribution in [3.8, 4) is 0 Å². The number of hydrogen-bond acceptors (Lipinski definition) is 2. The summed E-state index contributed by atoms with van der Waals surface area (Å²) < 4.78 is 0. The molecule has 0 radical (unpaired) electrons. The predicted octanol–water partition coefficient (Wildman–Crippen LogP) is 1.57. The molecule has 1 saturated heterocycles. The number of aliphatic hydroxyl groups excluding tert-OH is 1. The molecular weight excluding hydrogens is 202 g/mol. The van der Waals surface area contributed by atoms with Gasteiger partial charge in [0.05, 0.1) is 6.10 Å². The standard InChI is InChI=1S/C13H21NO2/c1-10(15)12-7-4-8-14(9-12)13(16)11-5-2-3-6-11/h2-3,10-12,15H,4-9H2,1H3. The molecule has 1 heterocycles. The number of carbonyl (C=O) groups excluding carboxylic acids is 1. The monoisotopic (exact) mass is 223 g/mol. The van der Waals surface area contributed by atoms with E-state index in [-0.39, 0.29) is 23.8 Å². The number of likely N-dealkylation sites (tertiary alicyclic amines) is 1. The molecule has 0 aromatic heterocycles. The van der Waals surface area contributed by atoms with Crippen molar-refractivity contribution >= 4 is 5.91 Å². The van der Waals surface area contributed by atoms with Crippen LogP contribution in [-0.4, -0.2) is 35.1 Å². The molecule has 3 nitrogen and oxygen atoms in total. The molecule has 2 aliphatic rings. The minimum Gasteiger partial charge on any atom is -0.393 e. The number of hydrogen-bond donors (Lipinski definition) is 1. The van der Waals surface area contributed by atoms with Crippen molar-refractivity contribution < 1.29 is 9.90 Å². The fraction of sp³-hybridized carbons (Fsp3) is 0.769. The first-order chi connectivity index (χ1) is 7.68. The van der Waals surface area contributed by atoms with Crippen LogP contribution in [0.5, 0.6) is 0 Å². The van der Waals surface area contributed by atoms with Gasteiger partial charge in [0.1, 0.15) is 0 Å². The molecule has 0 spiro atoms. The van der Waals surface area contributed by atoms with Crippen LogP contribution in [0.2, 0.25) is 0 Å². The summed E-state index contributed by atoms with van der Waals surface area (Å²) in [5.41, 5.74) is 0. The molecule has 0 aromatic carbocycles. The second-order valence-corrected chi connectivity index (χ2v) is 5.07. The fourth-order valence-electron chi connectivity index (χ4n) is 2.68. The Morgan fingerprint density at radius 1 is 1.44 bits per heavy atom. The van der Waals surface area contributed by atoms with Crippen LogP contribution in [0.4, 0.5) is 0 Å². The zero-order chi connectivity index (χ0) is 11.5. The molecule has 16 heavy (non-hydrogen) atoms. The van der Waals surface area contributed by atoms with Gasteiger partial charge in [0.15, 0.2) is 0 Å². The van der Waals surface area contributed by atoms with Gasteiger partial charge in [-0.1, -0.05) is 12.2 Å². The third kappa shape index (κ3) is 2.46. The molecule has 2 rings (SSSR count). The third-order valence-corrected chi connectivity index (χ3v) is 3.81. The maximum Gasteiger partial charge on any atom is 0.226 e. The first-order valence-corrected chi connectivity index (χ1v) is 6.30. The van der Waals surface area contributed by atoms with Crippen LogP contribution in [-0.2, 0) is 4.79 Å². The summed E-state index contributed by atoms with van der Waals surface area (Å²) in [7, 11) is 0. The number of piperidine rings is 1. The topological polar surface area (TPSA) is 40.5 Å².